The van der Waals surface area contributed by atoms with Crippen LogP contribution in [0.1, 0.15) is 25.0 Å². The molecule has 9 aromatic rings. The van der Waals surface area contributed by atoms with E-state index in [1.807, 2.05) is 0 Å². The third-order valence-electron chi connectivity index (χ3n) is 10.5. The first-order chi connectivity index (χ1) is 23.1. The van der Waals surface area contributed by atoms with E-state index in [-0.39, 0.29) is 5.41 Å². The molecule has 1 aliphatic carbocycles. The van der Waals surface area contributed by atoms with Gasteiger partial charge in [-0.15, -0.1) is 0 Å². The SMILES string of the molecule is CC1(C)c2ccccc2-c2c(-n3c4ccccc4c4ccc5c6ccccc6n(-c6ccc(-c7ccccc7)cc6)c5c43)cccc21. The van der Waals surface area contributed by atoms with Gasteiger partial charge in [-0.1, -0.05) is 141 Å². The van der Waals surface area contributed by atoms with Crippen molar-refractivity contribution in [2.45, 2.75) is 19.3 Å². The third kappa shape index (κ3) is 3.56. The summed E-state index contributed by atoms with van der Waals surface area (Å²) in [7, 11) is 0. The molecule has 0 radical (unpaired) electrons. The highest BCUT2D eigenvalue weighted by Gasteiger charge is 2.37. The van der Waals surface area contributed by atoms with Crippen molar-refractivity contribution < 1.29 is 0 Å². The highest BCUT2D eigenvalue weighted by molar-refractivity contribution is 6.24. The molecule has 0 bridgehead atoms. The summed E-state index contributed by atoms with van der Waals surface area (Å²) in [6.07, 6.45) is 0. The number of fused-ring (bicyclic) bond motifs is 10. The Hall–Kier alpha value is -5.86. The summed E-state index contributed by atoms with van der Waals surface area (Å²) < 4.78 is 5.04. The first-order valence-corrected chi connectivity index (χ1v) is 16.5. The standard InChI is InChI=1S/C45H32N2/c1-45(2)37-18-9-6-17-36(37)42-38(45)19-12-22-41(42)47-40-21-11-8-16-33(40)35-28-27-34-32-15-7-10-20-39(32)46(43(34)44(35)47)31-25-23-30(24-26-31)29-13-4-3-5-14-29/h3-28H,1-2H3. The van der Waals surface area contributed by atoms with Crippen LogP contribution < -0.4 is 0 Å². The van der Waals surface area contributed by atoms with Crippen LogP contribution in [0.3, 0.4) is 0 Å². The maximum atomic E-state index is 2.55. The molecule has 7 aromatic carbocycles. The molecule has 0 saturated heterocycles. The molecule has 2 aromatic heterocycles. The first kappa shape index (κ1) is 26.4. The van der Waals surface area contributed by atoms with Gasteiger partial charge < -0.3 is 9.13 Å². The van der Waals surface area contributed by atoms with Crippen molar-refractivity contribution in [1.82, 2.24) is 9.13 Å². The second-order valence-corrected chi connectivity index (χ2v) is 13.3. The minimum atomic E-state index is -0.0780. The van der Waals surface area contributed by atoms with Crippen LogP contribution in [0.2, 0.25) is 0 Å². The summed E-state index contributed by atoms with van der Waals surface area (Å²) in [5, 5.41) is 5.06. The predicted molar refractivity (Wildman–Crippen MR) is 198 cm³/mol. The molecule has 0 aliphatic heterocycles. The number of hydrogen-bond acceptors (Lipinski definition) is 0. The average molecular weight is 601 g/mol. The maximum Gasteiger partial charge on any atom is 0.0789 e. The number of rotatable bonds is 3. The highest BCUT2D eigenvalue weighted by Crippen LogP contribution is 2.52. The molecule has 2 heteroatoms. The Kier molecular flexibility index (Phi) is 5.37. The van der Waals surface area contributed by atoms with E-state index in [1.165, 1.54) is 82.7 Å². The van der Waals surface area contributed by atoms with Gasteiger partial charge in [0.25, 0.3) is 0 Å². The lowest BCUT2D eigenvalue weighted by Crippen LogP contribution is -2.15. The number of hydrogen-bond donors (Lipinski definition) is 0. The van der Waals surface area contributed by atoms with Crippen LogP contribution in [0.4, 0.5) is 0 Å². The zero-order valence-electron chi connectivity index (χ0n) is 26.4. The van der Waals surface area contributed by atoms with Crippen LogP contribution in [0.25, 0.3) is 77.2 Å². The Morgan fingerprint density at radius 2 is 0.957 bits per heavy atom. The smallest absolute Gasteiger partial charge is 0.0789 e. The predicted octanol–water partition coefficient (Wildman–Crippen LogP) is 11.9. The molecular formula is C45H32N2. The second kappa shape index (κ2) is 9.57. The highest BCUT2D eigenvalue weighted by atomic mass is 15.0. The van der Waals surface area contributed by atoms with Gasteiger partial charge in [0.15, 0.2) is 0 Å². The van der Waals surface area contributed by atoms with Crippen LogP contribution in [0.15, 0.2) is 158 Å². The zero-order chi connectivity index (χ0) is 31.3. The van der Waals surface area contributed by atoms with E-state index in [1.54, 1.807) is 0 Å². The molecule has 2 heterocycles. The summed E-state index contributed by atoms with van der Waals surface area (Å²) in [6.45, 7) is 4.73. The second-order valence-electron chi connectivity index (χ2n) is 13.3. The van der Waals surface area contributed by atoms with Crippen molar-refractivity contribution in [3.63, 3.8) is 0 Å². The van der Waals surface area contributed by atoms with E-state index in [0.29, 0.717) is 0 Å². The summed E-state index contributed by atoms with van der Waals surface area (Å²) >= 11 is 0. The van der Waals surface area contributed by atoms with E-state index in [0.717, 1.165) is 5.69 Å². The van der Waals surface area contributed by atoms with Crippen LogP contribution in [0.5, 0.6) is 0 Å². The van der Waals surface area contributed by atoms with Gasteiger partial charge in [-0.3, -0.25) is 0 Å². The van der Waals surface area contributed by atoms with Crippen LogP contribution in [-0.2, 0) is 5.41 Å². The van der Waals surface area contributed by atoms with Gasteiger partial charge in [-0.25, -0.2) is 0 Å². The van der Waals surface area contributed by atoms with Gasteiger partial charge in [-0.2, -0.15) is 0 Å². The number of nitrogens with zero attached hydrogens (tertiary/aromatic N) is 2. The van der Waals surface area contributed by atoms with Crippen molar-refractivity contribution in [3.05, 3.63) is 169 Å². The fraction of sp³-hybridized carbons (Fsp3) is 0.0667. The molecule has 0 saturated carbocycles. The number of aromatic nitrogens is 2. The Morgan fingerprint density at radius 1 is 0.404 bits per heavy atom. The van der Waals surface area contributed by atoms with Crippen molar-refractivity contribution in [3.8, 4) is 33.6 Å². The lowest BCUT2D eigenvalue weighted by molar-refractivity contribution is 0.660. The maximum absolute atomic E-state index is 2.55. The molecule has 0 amide bonds. The van der Waals surface area contributed by atoms with E-state index in [4.69, 9.17) is 0 Å². The molecule has 222 valence electrons. The Bertz CT molecular complexity index is 2680. The van der Waals surface area contributed by atoms with Gasteiger partial charge in [0, 0.05) is 38.2 Å². The molecule has 0 N–H and O–H groups in total. The summed E-state index contributed by atoms with van der Waals surface area (Å²) in [5.74, 6) is 0. The van der Waals surface area contributed by atoms with E-state index in [2.05, 4.69) is 181 Å². The first-order valence-electron chi connectivity index (χ1n) is 16.5. The Labute approximate surface area is 273 Å². The number of para-hydroxylation sites is 2. The molecule has 47 heavy (non-hydrogen) atoms. The van der Waals surface area contributed by atoms with Crippen LogP contribution in [-0.4, -0.2) is 9.13 Å². The van der Waals surface area contributed by atoms with Crippen molar-refractivity contribution in [1.29, 1.82) is 0 Å². The van der Waals surface area contributed by atoms with Gasteiger partial charge >= 0.3 is 0 Å². The molecule has 0 fully saturated rings. The normalized spacial score (nSPS) is 13.5. The minimum Gasteiger partial charge on any atom is -0.307 e. The summed E-state index contributed by atoms with van der Waals surface area (Å²) in [5.41, 5.74) is 15.1. The van der Waals surface area contributed by atoms with Gasteiger partial charge in [-0.05, 0) is 58.1 Å². The third-order valence-corrected chi connectivity index (χ3v) is 10.5. The van der Waals surface area contributed by atoms with Crippen LogP contribution in [0, 0.1) is 0 Å². The van der Waals surface area contributed by atoms with Gasteiger partial charge in [0.05, 0.1) is 27.8 Å². The zero-order valence-corrected chi connectivity index (χ0v) is 26.4. The molecule has 0 spiro atoms. The summed E-state index contributed by atoms with van der Waals surface area (Å²) in [4.78, 5) is 0. The fourth-order valence-electron chi connectivity index (χ4n) is 8.37. The van der Waals surface area contributed by atoms with Crippen LogP contribution >= 0.6 is 0 Å². The lowest BCUT2D eigenvalue weighted by atomic mass is 9.82. The average Bonchev–Trinajstić information content (AvgIpc) is 3.72. The van der Waals surface area contributed by atoms with E-state index < -0.39 is 0 Å². The van der Waals surface area contributed by atoms with Crippen molar-refractivity contribution >= 4 is 43.6 Å². The number of benzene rings is 7. The van der Waals surface area contributed by atoms with E-state index in [9.17, 15) is 0 Å². The largest absolute Gasteiger partial charge is 0.307 e. The summed E-state index contributed by atoms with van der Waals surface area (Å²) in [6, 6.07) is 58.0. The molecule has 0 atom stereocenters. The molecule has 1 aliphatic rings. The van der Waals surface area contributed by atoms with Gasteiger partial charge in [0.1, 0.15) is 0 Å². The van der Waals surface area contributed by atoms with Gasteiger partial charge in [0.2, 0.25) is 0 Å². The quantitative estimate of drug-likeness (QED) is 0.191. The monoisotopic (exact) mass is 600 g/mol. The van der Waals surface area contributed by atoms with Crippen molar-refractivity contribution in [2.75, 3.05) is 0 Å². The Balaban J connectivity index is 1.36. The van der Waals surface area contributed by atoms with E-state index >= 15 is 0 Å². The fourth-order valence-corrected chi connectivity index (χ4v) is 8.37. The molecule has 2 nitrogen and oxygen atoms in total. The Morgan fingerprint density at radius 3 is 1.68 bits per heavy atom. The minimum absolute atomic E-state index is 0.0780. The topological polar surface area (TPSA) is 9.86 Å². The molecular weight excluding hydrogens is 569 g/mol. The van der Waals surface area contributed by atoms with Crippen molar-refractivity contribution in [2.24, 2.45) is 0 Å². The molecule has 10 rings (SSSR count). The lowest BCUT2D eigenvalue weighted by Gasteiger charge is -2.22. The molecule has 0 unspecified atom stereocenters.